The van der Waals surface area contributed by atoms with Crippen LogP contribution in [0.1, 0.15) is 76.1 Å². The van der Waals surface area contributed by atoms with Crippen LogP contribution in [-0.4, -0.2) is 53.2 Å². The number of nitrogens with one attached hydrogen (secondary N) is 1. The molecule has 8 heteroatoms. The Bertz CT molecular complexity index is 1400. The number of ether oxygens (including phenoxy) is 2. The summed E-state index contributed by atoms with van der Waals surface area (Å²) in [4.78, 5) is 34.0. The zero-order valence-corrected chi connectivity index (χ0v) is 26.5. The second-order valence-corrected chi connectivity index (χ2v) is 13.3. The van der Waals surface area contributed by atoms with Gasteiger partial charge in [-0.05, 0) is 22.6 Å². The van der Waals surface area contributed by atoms with Gasteiger partial charge < -0.3 is 24.8 Å². The van der Waals surface area contributed by atoms with E-state index < -0.39 is 41.5 Å². The minimum absolute atomic E-state index is 0.146. The van der Waals surface area contributed by atoms with Crippen molar-refractivity contribution in [1.29, 1.82) is 0 Å². The van der Waals surface area contributed by atoms with Gasteiger partial charge in [0.15, 0.2) is 6.10 Å². The summed E-state index contributed by atoms with van der Waals surface area (Å²) in [7, 11) is 3.09. The van der Waals surface area contributed by atoms with Crippen LogP contribution in [-0.2, 0) is 26.3 Å². The number of methoxy groups -OCH3 is 2. The maximum absolute atomic E-state index is 14.5. The van der Waals surface area contributed by atoms with Crippen molar-refractivity contribution >= 4 is 11.9 Å². The van der Waals surface area contributed by atoms with Crippen molar-refractivity contribution < 1.29 is 24.2 Å². The van der Waals surface area contributed by atoms with E-state index in [1.165, 1.54) is 7.11 Å². The Kier molecular flexibility index (Phi) is 9.62. The van der Waals surface area contributed by atoms with Crippen LogP contribution in [0.15, 0.2) is 72.8 Å². The first-order valence-electron chi connectivity index (χ1n) is 14.7. The van der Waals surface area contributed by atoms with Gasteiger partial charge >= 0.3 is 5.97 Å². The molecule has 0 spiro atoms. The lowest BCUT2D eigenvalue weighted by Crippen LogP contribution is -2.49. The maximum Gasteiger partial charge on any atom is 0.326 e. The number of carboxylic acids is 1. The molecule has 1 saturated heterocycles. The lowest BCUT2D eigenvalue weighted by molar-refractivity contribution is -0.157. The second kappa shape index (κ2) is 12.9. The summed E-state index contributed by atoms with van der Waals surface area (Å²) in [6.45, 7) is 12.8. The van der Waals surface area contributed by atoms with E-state index in [2.05, 4.69) is 26.1 Å². The zero-order chi connectivity index (χ0) is 31.5. The van der Waals surface area contributed by atoms with Crippen LogP contribution in [0, 0.1) is 11.3 Å². The third-order valence-corrected chi connectivity index (χ3v) is 8.31. The smallest absolute Gasteiger partial charge is 0.326 e. The standard InChI is InChI=1S/C35H45N3O5/c1-34(2,3)25-20-19-24(31(37-25)43-8)21-36-27-26(35(4,5)6)29(33(40)41)38(28(27)22-15-11-9-12-16-22)32(39)30(42-7)23-17-13-10-14-18-23/h9-20,26-30,36H,21H2,1-8H3,(H,40,41)/t26-,27-,28-,29-,30+/m0/s1. The molecule has 2 N–H and O–H groups in total. The van der Waals surface area contributed by atoms with Gasteiger partial charge in [0.05, 0.1) is 13.2 Å². The molecule has 3 aromatic rings. The highest BCUT2D eigenvalue weighted by Gasteiger charge is 2.58. The van der Waals surface area contributed by atoms with Crippen molar-refractivity contribution in [3.63, 3.8) is 0 Å². The number of pyridine rings is 1. The monoisotopic (exact) mass is 587 g/mol. The number of nitrogens with zero attached hydrogens (tertiary/aromatic N) is 2. The first-order chi connectivity index (χ1) is 20.3. The van der Waals surface area contributed by atoms with Gasteiger partial charge in [0.25, 0.3) is 5.91 Å². The third kappa shape index (κ3) is 6.76. The normalized spacial score (nSPS) is 21.4. The van der Waals surface area contributed by atoms with Gasteiger partial charge in [-0.1, -0.05) is 108 Å². The number of hydrogen-bond acceptors (Lipinski definition) is 6. The number of aromatic nitrogens is 1. The fourth-order valence-corrected chi connectivity index (χ4v) is 6.30. The fraction of sp³-hybridized carbons (Fsp3) is 0.457. The summed E-state index contributed by atoms with van der Waals surface area (Å²) in [5.41, 5.74) is 2.67. The van der Waals surface area contributed by atoms with Gasteiger partial charge in [-0.3, -0.25) is 4.79 Å². The highest BCUT2D eigenvalue weighted by atomic mass is 16.5. The second-order valence-electron chi connectivity index (χ2n) is 13.3. The first-order valence-corrected chi connectivity index (χ1v) is 14.7. The van der Waals surface area contributed by atoms with Crippen LogP contribution >= 0.6 is 0 Å². The molecule has 1 fully saturated rings. The van der Waals surface area contributed by atoms with E-state index in [-0.39, 0.29) is 11.3 Å². The van der Waals surface area contributed by atoms with E-state index in [1.54, 1.807) is 12.0 Å². The largest absolute Gasteiger partial charge is 0.481 e. The maximum atomic E-state index is 14.5. The van der Waals surface area contributed by atoms with E-state index >= 15 is 0 Å². The topological polar surface area (TPSA) is 101 Å². The van der Waals surface area contributed by atoms with E-state index in [4.69, 9.17) is 14.5 Å². The molecule has 5 atom stereocenters. The van der Waals surface area contributed by atoms with Gasteiger partial charge in [-0.15, -0.1) is 0 Å². The van der Waals surface area contributed by atoms with Gasteiger partial charge in [-0.25, -0.2) is 9.78 Å². The Balaban J connectivity index is 1.83. The third-order valence-electron chi connectivity index (χ3n) is 8.31. The lowest BCUT2D eigenvalue weighted by Gasteiger charge is -2.35. The summed E-state index contributed by atoms with van der Waals surface area (Å²) in [5, 5.41) is 14.4. The summed E-state index contributed by atoms with van der Waals surface area (Å²) in [6.07, 6.45) is -0.956. The molecule has 2 aromatic carbocycles. The van der Waals surface area contributed by atoms with Crippen LogP contribution in [0.4, 0.5) is 0 Å². The van der Waals surface area contributed by atoms with Crippen molar-refractivity contribution in [2.75, 3.05) is 14.2 Å². The number of carboxylic acid groups (broad SMARTS) is 1. The van der Waals surface area contributed by atoms with Crippen molar-refractivity contribution in [1.82, 2.24) is 15.2 Å². The minimum atomic E-state index is -1.10. The fourth-order valence-electron chi connectivity index (χ4n) is 6.30. The van der Waals surface area contributed by atoms with Gasteiger partial charge in [0.2, 0.25) is 5.88 Å². The number of carbonyl (C=O) groups excluding carboxylic acids is 1. The molecule has 0 saturated carbocycles. The molecule has 1 aliphatic heterocycles. The van der Waals surface area contributed by atoms with E-state index in [0.29, 0.717) is 18.0 Å². The first kappa shape index (κ1) is 32.2. The van der Waals surface area contributed by atoms with E-state index in [1.807, 2.05) is 93.6 Å². The molecular weight excluding hydrogens is 542 g/mol. The Labute approximate surface area is 255 Å². The summed E-state index contributed by atoms with van der Waals surface area (Å²) >= 11 is 0. The molecular formula is C35H45N3O5. The summed E-state index contributed by atoms with van der Waals surface area (Å²) in [5.74, 6) is -1.36. The highest BCUT2D eigenvalue weighted by Crippen LogP contribution is 2.49. The van der Waals surface area contributed by atoms with Crippen molar-refractivity contribution in [2.45, 2.75) is 77.7 Å². The van der Waals surface area contributed by atoms with Gasteiger partial charge in [0.1, 0.15) is 6.04 Å². The molecule has 230 valence electrons. The average Bonchev–Trinajstić information content (AvgIpc) is 3.33. The van der Waals surface area contributed by atoms with E-state index in [9.17, 15) is 14.7 Å². The van der Waals surface area contributed by atoms with E-state index in [0.717, 1.165) is 16.8 Å². The predicted octanol–water partition coefficient (Wildman–Crippen LogP) is 5.93. The zero-order valence-electron chi connectivity index (χ0n) is 26.5. The van der Waals surface area contributed by atoms with Crippen molar-refractivity contribution in [2.24, 2.45) is 11.3 Å². The number of hydrogen-bond donors (Lipinski definition) is 2. The molecule has 0 radical (unpaired) electrons. The number of rotatable bonds is 9. The van der Waals surface area contributed by atoms with Crippen molar-refractivity contribution in [3.8, 4) is 5.88 Å². The van der Waals surface area contributed by atoms with Crippen LogP contribution in [0.2, 0.25) is 0 Å². The summed E-state index contributed by atoms with van der Waals surface area (Å²) in [6, 6.07) is 20.8. The Morgan fingerprint density at radius 2 is 1.53 bits per heavy atom. The Morgan fingerprint density at radius 1 is 0.930 bits per heavy atom. The Hall–Kier alpha value is -3.75. The molecule has 0 bridgehead atoms. The Morgan fingerprint density at radius 3 is 2.05 bits per heavy atom. The van der Waals surface area contributed by atoms with Gasteiger partial charge in [-0.2, -0.15) is 0 Å². The number of benzene rings is 2. The van der Waals surface area contributed by atoms with Crippen molar-refractivity contribution in [3.05, 3.63) is 95.2 Å². The molecule has 4 rings (SSSR count). The predicted molar refractivity (Wildman–Crippen MR) is 167 cm³/mol. The summed E-state index contributed by atoms with van der Waals surface area (Å²) < 4.78 is 11.4. The van der Waals surface area contributed by atoms with Crippen LogP contribution in [0.25, 0.3) is 0 Å². The molecule has 1 aromatic heterocycles. The quantitative estimate of drug-likeness (QED) is 0.320. The van der Waals surface area contributed by atoms with Crippen LogP contribution in [0.3, 0.4) is 0 Å². The lowest BCUT2D eigenvalue weighted by atomic mass is 9.72. The molecule has 0 unspecified atom stereocenters. The number of carbonyl (C=O) groups is 2. The SMILES string of the molecule is COc1nc(C(C)(C)C)ccc1CN[C@H]1[C@H](C(C)(C)C)[C@@H](C(=O)O)N(C(=O)[C@H](OC)c2ccccc2)[C@H]1c1ccccc1. The molecule has 2 heterocycles. The molecule has 8 nitrogen and oxygen atoms in total. The number of amides is 1. The van der Waals surface area contributed by atoms with Crippen LogP contribution < -0.4 is 10.1 Å². The van der Waals surface area contributed by atoms with Gasteiger partial charge in [0, 0.05) is 42.3 Å². The molecule has 1 aliphatic rings. The number of likely N-dealkylation sites (tertiary alicyclic amines) is 1. The molecule has 43 heavy (non-hydrogen) atoms. The molecule has 0 aliphatic carbocycles. The number of aliphatic carboxylic acids is 1. The highest BCUT2D eigenvalue weighted by molar-refractivity contribution is 5.89. The molecule has 1 amide bonds. The average molecular weight is 588 g/mol. The minimum Gasteiger partial charge on any atom is -0.481 e. The van der Waals surface area contributed by atoms with Crippen LogP contribution in [0.5, 0.6) is 5.88 Å².